The molecule has 0 atom stereocenters. The maximum Gasteiger partial charge on any atom is 0.266 e. The SMILES string of the molecule is COCc1nc(OC)c2c(C)c(C(=O)Nc3ccc(C)c(C)c3)sc2n1. The third-order valence-electron chi connectivity index (χ3n) is 4.24. The van der Waals surface area contributed by atoms with Crippen LogP contribution >= 0.6 is 11.3 Å². The molecule has 7 heteroatoms. The molecule has 1 aromatic carbocycles. The van der Waals surface area contributed by atoms with E-state index in [4.69, 9.17) is 9.47 Å². The predicted molar refractivity (Wildman–Crippen MR) is 103 cm³/mol. The standard InChI is InChI=1S/C19H21N3O3S/c1-10-6-7-13(8-11(10)2)20-17(23)16-12(3)15-18(25-5)21-14(9-24-4)22-19(15)26-16/h6-8H,9H2,1-5H3,(H,20,23). The number of carbonyl (C=O) groups is 1. The normalized spacial score (nSPS) is 11.0. The third kappa shape index (κ3) is 3.40. The van der Waals surface area contributed by atoms with Crippen LogP contribution in [0.25, 0.3) is 10.2 Å². The number of hydrogen-bond acceptors (Lipinski definition) is 6. The first-order chi connectivity index (χ1) is 12.4. The number of nitrogens with one attached hydrogen (secondary N) is 1. The summed E-state index contributed by atoms with van der Waals surface area (Å²) in [5.41, 5.74) is 3.90. The van der Waals surface area contributed by atoms with Gasteiger partial charge < -0.3 is 14.8 Å². The first-order valence-corrected chi connectivity index (χ1v) is 8.97. The molecule has 0 aliphatic rings. The number of amides is 1. The van der Waals surface area contributed by atoms with Crippen LogP contribution in [0.1, 0.15) is 32.2 Å². The van der Waals surface area contributed by atoms with E-state index in [1.807, 2.05) is 39.0 Å². The minimum atomic E-state index is -0.163. The minimum absolute atomic E-state index is 0.163. The molecule has 1 N–H and O–H groups in total. The lowest BCUT2D eigenvalue weighted by Crippen LogP contribution is -2.11. The van der Waals surface area contributed by atoms with Gasteiger partial charge in [0.1, 0.15) is 11.4 Å². The second-order valence-corrected chi connectivity index (χ2v) is 7.07. The summed E-state index contributed by atoms with van der Waals surface area (Å²) < 4.78 is 10.5. The average Bonchev–Trinajstić information content (AvgIpc) is 2.95. The molecule has 26 heavy (non-hydrogen) atoms. The van der Waals surface area contributed by atoms with Gasteiger partial charge in [-0.3, -0.25) is 4.79 Å². The summed E-state index contributed by atoms with van der Waals surface area (Å²) >= 11 is 1.33. The van der Waals surface area contributed by atoms with Gasteiger partial charge in [-0.05, 0) is 49.6 Å². The highest BCUT2D eigenvalue weighted by atomic mass is 32.1. The van der Waals surface area contributed by atoms with Crippen molar-refractivity contribution in [1.82, 2.24) is 9.97 Å². The minimum Gasteiger partial charge on any atom is -0.480 e. The Morgan fingerprint density at radius 1 is 1.15 bits per heavy atom. The number of benzene rings is 1. The average molecular weight is 371 g/mol. The number of aryl methyl sites for hydroxylation is 3. The van der Waals surface area contributed by atoms with Gasteiger partial charge in [-0.1, -0.05) is 6.07 Å². The summed E-state index contributed by atoms with van der Waals surface area (Å²) in [5, 5.41) is 3.73. The first-order valence-electron chi connectivity index (χ1n) is 8.16. The van der Waals surface area contributed by atoms with Crippen molar-refractivity contribution in [2.75, 3.05) is 19.5 Å². The van der Waals surface area contributed by atoms with Gasteiger partial charge >= 0.3 is 0 Å². The molecule has 0 radical (unpaired) electrons. The molecule has 2 aromatic heterocycles. The highest BCUT2D eigenvalue weighted by Crippen LogP contribution is 2.35. The molecule has 0 saturated heterocycles. The highest BCUT2D eigenvalue weighted by Gasteiger charge is 2.21. The van der Waals surface area contributed by atoms with E-state index in [1.165, 1.54) is 16.9 Å². The van der Waals surface area contributed by atoms with E-state index in [-0.39, 0.29) is 12.5 Å². The number of thiophene rings is 1. The Balaban J connectivity index is 2.00. The quantitative estimate of drug-likeness (QED) is 0.733. The molecule has 0 bridgehead atoms. The van der Waals surface area contributed by atoms with Crippen LogP contribution in [0.15, 0.2) is 18.2 Å². The van der Waals surface area contributed by atoms with Gasteiger partial charge in [-0.25, -0.2) is 4.98 Å². The van der Waals surface area contributed by atoms with E-state index in [2.05, 4.69) is 15.3 Å². The van der Waals surface area contributed by atoms with Gasteiger partial charge in [0, 0.05) is 12.8 Å². The maximum absolute atomic E-state index is 12.8. The number of fused-ring (bicyclic) bond motifs is 1. The smallest absolute Gasteiger partial charge is 0.266 e. The lowest BCUT2D eigenvalue weighted by atomic mass is 10.1. The van der Waals surface area contributed by atoms with Crippen LogP contribution in [-0.4, -0.2) is 30.1 Å². The molecule has 0 fully saturated rings. The lowest BCUT2D eigenvalue weighted by molar-refractivity contribution is 0.103. The Morgan fingerprint density at radius 2 is 1.92 bits per heavy atom. The monoisotopic (exact) mass is 371 g/mol. The van der Waals surface area contributed by atoms with E-state index in [9.17, 15) is 4.79 Å². The summed E-state index contributed by atoms with van der Waals surface area (Å²) in [4.78, 5) is 23.0. The summed E-state index contributed by atoms with van der Waals surface area (Å²) in [6, 6.07) is 5.86. The van der Waals surface area contributed by atoms with E-state index >= 15 is 0 Å². The molecule has 0 spiro atoms. The number of rotatable bonds is 5. The Labute approximate surface area is 156 Å². The number of hydrogen-bond donors (Lipinski definition) is 1. The number of carbonyl (C=O) groups excluding carboxylic acids is 1. The number of ether oxygens (including phenoxy) is 2. The summed E-state index contributed by atoms with van der Waals surface area (Å²) in [7, 11) is 3.15. The first kappa shape index (κ1) is 18.3. The highest BCUT2D eigenvalue weighted by molar-refractivity contribution is 7.20. The van der Waals surface area contributed by atoms with E-state index in [0.29, 0.717) is 21.4 Å². The summed E-state index contributed by atoms with van der Waals surface area (Å²) in [6.45, 7) is 6.23. The van der Waals surface area contributed by atoms with Crippen LogP contribution in [0.5, 0.6) is 5.88 Å². The van der Waals surface area contributed by atoms with Gasteiger partial charge in [-0.2, -0.15) is 4.98 Å². The number of nitrogens with zero attached hydrogens (tertiary/aromatic N) is 2. The Hall–Kier alpha value is -2.51. The van der Waals surface area contributed by atoms with Gasteiger partial charge in [0.25, 0.3) is 5.91 Å². The third-order valence-corrected chi connectivity index (χ3v) is 5.43. The van der Waals surface area contributed by atoms with E-state index < -0.39 is 0 Å². The van der Waals surface area contributed by atoms with Crippen molar-refractivity contribution in [3.05, 3.63) is 45.6 Å². The fourth-order valence-corrected chi connectivity index (χ4v) is 3.79. The Kier molecular flexibility index (Phi) is 5.20. The van der Waals surface area contributed by atoms with Crippen LogP contribution in [-0.2, 0) is 11.3 Å². The zero-order valence-corrected chi connectivity index (χ0v) is 16.3. The van der Waals surface area contributed by atoms with Gasteiger partial charge in [0.05, 0.1) is 17.4 Å². The molecule has 136 valence electrons. The predicted octanol–water partition coefficient (Wildman–Crippen LogP) is 4.02. The summed E-state index contributed by atoms with van der Waals surface area (Å²) in [5.74, 6) is 0.823. The number of aromatic nitrogens is 2. The fraction of sp³-hybridized carbons (Fsp3) is 0.316. The Bertz CT molecular complexity index is 982. The molecule has 0 unspecified atom stereocenters. The van der Waals surface area contributed by atoms with Crippen molar-refractivity contribution >= 4 is 33.1 Å². The second-order valence-electron chi connectivity index (χ2n) is 6.07. The molecule has 6 nitrogen and oxygen atoms in total. The molecular formula is C19H21N3O3S. The lowest BCUT2D eigenvalue weighted by Gasteiger charge is -2.07. The molecule has 3 aromatic rings. The molecule has 3 rings (SSSR count). The zero-order chi connectivity index (χ0) is 18.8. The van der Waals surface area contributed by atoms with Gasteiger partial charge in [0.2, 0.25) is 5.88 Å². The van der Waals surface area contributed by atoms with Crippen LogP contribution < -0.4 is 10.1 Å². The maximum atomic E-state index is 12.8. The van der Waals surface area contributed by atoms with Crippen molar-refractivity contribution in [1.29, 1.82) is 0 Å². The fourth-order valence-electron chi connectivity index (χ4n) is 2.71. The zero-order valence-electron chi connectivity index (χ0n) is 15.5. The summed E-state index contributed by atoms with van der Waals surface area (Å²) in [6.07, 6.45) is 0. The molecule has 2 heterocycles. The molecule has 1 amide bonds. The van der Waals surface area contributed by atoms with Crippen LogP contribution in [0.4, 0.5) is 5.69 Å². The molecule has 0 aliphatic carbocycles. The number of methoxy groups -OCH3 is 2. The number of anilines is 1. The van der Waals surface area contributed by atoms with E-state index in [1.54, 1.807) is 14.2 Å². The van der Waals surface area contributed by atoms with Crippen LogP contribution in [0.3, 0.4) is 0 Å². The van der Waals surface area contributed by atoms with Crippen molar-refractivity contribution < 1.29 is 14.3 Å². The topological polar surface area (TPSA) is 73.3 Å². The van der Waals surface area contributed by atoms with Gasteiger partial charge in [0.15, 0.2) is 5.82 Å². The largest absolute Gasteiger partial charge is 0.480 e. The second kappa shape index (κ2) is 7.39. The van der Waals surface area contributed by atoms with Crippen molar-refractivity contribution in [3.63, 3.8) is 0 Å². The van der Waals surface area contributed by atoms with Crippen molar-refractivity contribution in [3.8, 4) is 5.88 Å². The van der Waals surface area contributed by atoms with E-state index in [0.717, 1.165) is 22.2 Å². The van der Waals surface area contributed by atoms with Gasteiger partial charge in [-0.15, -0.1) is 11.3 Å². The van der Waals surface area contributed by atoms with Crippen molar-refractivity contribution in [2.24, 2.45) is 0 Å². The molecule has 0 aliphatic heterocycles. The molecule has 0 saturated carbocycles. The molecular weight excluding hydrogens is 350 g/mol. The Morgan fingerprint density at radius 3 is 2.58 bits per heavy atom. The van der Waals surface area contributed by atoms with Crippen LogP contribution in [0.2, 0.25) is 0 Å². The van der Waals surface area contributed by atoms with Crippen molar-refractivity contribution in [2.45, 2.75) is 27.4 Å². The van der Waals surface area contributed by atoms with Crippen LogP contribution in [0, 0.1) is 20.8 Å².